The average Bonchev–Trinajstić information content (AvgIpc) is 1.88. The van der Waals surface area contributed by atoms with E-state index in [9.17, 15) is 4.53 Å². The molecule has 2 nitrogen and oxygen atoms in total. The zero-order chi connectivity index (χ0) is 6.69. The summed E-state index contributed by atoms with van der Waals surface area (Å²) < 4.78 is 16.5. The maximum absolute atomic E-state index is 11.4. The molecule has 3 heteroatoms. The molecule has 0 aromatic rings. The zero-order valence-corrected chi connectivity index (χ0v) is 5.47. The molecular formula is C6H11FO2. The van der Waals surface area contributed by atoms with Gasteiger partial charge < -0.3 is 4.74 Å². The van der Waals surface area contributed by atoms with Gasteiger partial charge in [0, 0.05) is 6.42 Å². The lowest BCUT2D eigenvalue weighted by atomic mass is 10.1. The molecule has 0 aliphatic carbocycles. The fourth-order valence-corrected chi connectivity index (χ4v) is 1.03. The van der Waals surface area contributed by atoms with Crippen LogP contribution in [-0.4, -0.2) is 12.4 Å². The summed E-state index contributed by atoms with van der Waals surface area (Å²) in [6, 6.07) is 0. The van der Waals surface area contributed by atoms with Crippen molar-refractivity contribution in [1.82, 2.24) is 0 Å². The van der Waals surface area contributed by atoms with Gasteiger partial charge in [-0.15, -0.1) is 0 Å². The molecule has 1 saturated heterocycles. The molecule has 1 aliphatic rings. The monoisotopic (exact) mass is 134 g/mol. The lowest BCUT2D eigenvalue weighted by Gasteiger charge is -2.23. The molecule has 0 radical (unpaired) electrons. The Bertz CT molecular complexity index is 87.1. The fraction of sp³-hybridized carbons (Fsp3) is 1.00. The summed E-state index contributed by atoms with van der Waals surface area (Å²) in [5.74, 6) is 0. The average molecular weight is 134 g/mol. The van der Waals surface area contributed by atoms with Gasteiger partial charge in [-0.3, -0.25) is 0 Å². The van der Waals surface area contributed by atoms with E-state index >= 15 is 0 Å². The largest absolute Gasteiger partial charge is 0.346 e. The highest BCUT2D eigenvalue weighted by molar-refractivity contribution is 4.59. The van der Waals surface area contributed by atoms with E-state index in [1.54, 1.807) is 0 Å². The van der Waals surface area contributed by atoms with Gasteiger partial charge in [0.05, 0.1) is 6.10 Å². The van der Waals surface area contributed by atoms with Crippen LogP contribution in [0.25, 0.3) is 0 Å². The second-order valence-electron chi connectivity index (χ2n) is 2.40. The number of ether oxygens (including phenoxy) is 1. The van der Waals surface area contributed by atoms with Crippen LogP contribution in [0.15, 0.2) is 0 Å². The van der Waals surface area contributed by atoms with Crippen molar-refractivity contribution in [2.45, 2.75) is 38.6 Å². The molecule has 0 spiro atoms. The van der Waals surface area contributed by atoms with E-state index in [1.807, 2.05) is 6.92 Å². The molecule has 0 bridgehead atoms. The summed E-state index contributed by atoms with van der Waals surface area (Å²) in [5, 5.41) is 0. The third-order valence-electron chi connectivity index (χ3n) is 1.53. The van der Waals surface area contributed by atoms with Crippen molar-refractivity contribution < 1.29 is 14.2 Å². The molecule has 0 N–H and O–H groups in total. The summed E-state index contributed by atoms with van der Waals surface area (Å²) in [4.78, 5) is 3.54. The fourth-order valence-electron chi connectivity index (χ4n) is 1.03. The van der Waals surface area contributed by atoms with Crippen LogP contribution in [0.1, 0.15) is 26.2 Å². The predicted octanol–water partition coefficient (Wildman–Crippen LogP) is 1.80. The number of halogens is 1. The Morgan fingerprint density at radius 2 is 2.33 bits per heavy atom. The minimum absolute atomic E-state index is 0.152. The van der Waals surface area contributed by atoms with Gasteiger partial charge in [0.15, 0.2) is 6.29 Å². The van der Waals surface area contributed by atoms with Gasteiger partial charge in [0.25, 0.3) is 0 Å². The highest BCUT2D eigenvalue weighted by Gasteiger charge is 2.19. The van der Waals surface area contributed by atoms with Gasteiger partial charge in [0.1, 0.15) is 0 Å². The van der Waals surface area contributed by atoms with Crippen molar-refractivity contribution in [3.8, 4) is 0 Å². The molecule has 2 atom stereocenters. The standard InChI is InChI=1S/C6H11FO2/c1-5-3-2-4-6(8-5)9-7/h5-6H,2-4H2,1H3. The second kappa shape index (κ2) is 3.13. The normalized spacial score (nSPS) is 36.7. The molecule has 0 aromatic heterocycles. The first-order valence-corrected chi connectivity index (χ1v) is 3.26. The summed E-state index contributed by atoms with van der Waals surface area (Å²) >= 11 is 0. The molecule has 0 amide bonds. The van der Waals surface area contributed by atoms with E-state index in [0.717, 1.165) is 12.8 Å². The van der Waals surface area contributed by atoms with Gasteiger partial charge >= 0.3 is 0 Å². The summed E-state index contributed by atoms with van der Waals surface area (Å²) in [6.45, 7) is 1.92. The van der Waals surface area contributed by atoms with Crippen molar-refractivity contribution in [3.63, 3.8) is 0 Å². The highest BCUT2D eigenvalue weighted by atomic mass is 19.3. The molecular weight excluding hydrogens is 123 g/mol. The Morgan fingerprint density at radius 1 is 1.56 bits per heavy atom. The SMILES string of the molecule is CC1CCCC(OF)O1. The Balaban J connectivity index is 2.23. The van der Waals surface area contributed by atoms with Crippen molar-refractivity contribution in [2.24, 2.45) is 0 Å². The Hall–Kier alpha value is -0.150. The molecule has 1 aliphatic heterocycles. The number of rotatable bonds is 1. The van der Waals surface area contributed by atoms with Gasteiger partial charge in [-0.2, -0.15) is 4.94 Å². The molecule has 1 fully saturated rings. The lowest BCUT2D eigenvalue weighted by Crippen LogP contribution is -2.25. The minimum Gasteiger partial charge on any atom is -0.346 e. The van der Waals surface area contributed by atoms with Crippen molar-refractivity contribution >= 4 is 0 Å². The summed E-state index contributed by atoms with van der Waals surface area (Å²) in [7, 11) is 0. The van der Waals surface area contributed by atoms with Crippen LogP contribution >= 0.6 is 0 Å². The van der Waals surface area contributed by atoms with Crippen LogP contribution in [0, 0.1) is 0 Å². The van der Waals surface area contributed by atoms with Crippen LogP contribution < -0.4 is 0 Å². The number of hydrogen-bond donors (Lipinski definition) is 0. The topological polar surface area (TPSA) is 18.5 Å². The first-order valence-electron chi connectivity index (χ1n) is 3.26. The molecule has 54 valence electrons. The first-order chi connectivity index (χ1) is 4.33. The molecule has 0 aromatic carbocycles. The zero-order valence-electron chi connectivity index (χ0n) is 5.47. The van der Waals surface area contributed by atoms with E-state index in [0.29, 0.717) is 6.42 Å². The van der Waals surface area contributed by atoms with Crippen LogP contribution in [-0.2, 0) is 9.68 Å². The maximum Gasteiger partial charge on any atom is 0.196 e. The lowest BCUT2D eigenvalue weighted by molar-refractivity contribution is -0.298. The van der Waals surface area contributed by atoms with Crippen molar-refractivity contribution in [3.05, 3.63) is 0 Å². The van der Waals surface area contributed by atoms with E-state index in [2.05, 4.69) is 4.94 Å². The van der Waals surface area contributed by atoms with Gasteiger partial charge in [-0.05, 0) is 24.3 Å². The Labute approximate surface area is 53.9 Å². The minimum atomic E-state index is -0.603. The smallest absolute Gasteiger partial charge is 0.196 e. The number of hydrogen-bond acceptors (Lipinski definition) is 2. The summed E-state index contributed by atoms with van der Waals surface area (Å²) in [5.41, 5.74) is 0. The maximum atomic E-state index is 11.4. The van der Waals surface area contributed by atoms with Crippen LogP contribution in [0.3, 0.4) is 0 Å². The van der Waals surface area contributed by atoms with E-state index in [4.69, 9.17) is 4.74 Å². The molecule has 9 heavy (non-hydrogen) atoms. The van der Waals surface area contributed by atoms with E-state index < -0.39 is 6.29 Å². The quantitative estimate of drug-likeness (QED) is 0.544. The molecule has 2 unspecified atom stereocenters. The van der Waals surface area contributed by atoms with Crippen LogP contribution in [0.4, 0.5) is 4.53 Å². The van der Waals surface area contributed by atoms with E-state index in [1.165, 1.54) is 0 Å². The highest BCUT2D eigenvalue weighted by Crippen LogP contribution is 2.18. The van der Waals surface area contributed by atoms with Crippen LogP contribution in [0.2, 0.25) is 0 Å². The van der Waals surface area contributed by atoms with Crippen molar-refractivity contribution in [2.75, 3.05) is 0 Å². The van der Waals surface area contributed by atoms with Gasteiger partial charge in [-0.25, -0.2) is 0 Å². The molecule has 1 heterocycles. The third kappa shape index (κ3) is 1.91. The van der Waals surface area contributed by atoms with Crippen molar-refractivity contribution in [1.29, 1.82) is 0 Å². The summed E-state index contributed by atoms with van der Waals surface area (Å²) in [6.07, 6.45) is 2.24. The van der Waals surface area contributed by atoms with Gasteiger partial charge in [-0.1, -0.05) is 0 Å². The first kappa shape index (κ1) is 6.96. The molecule has 1 rings (SSSR count). The molecule has 0 saturated carbocycles. The Kier molecular flexibility index (Phi) is 2.42. The van der Waals surface area contributed by atoms with Crippen LogP contribution in [0.5, 0.6) is 0 Å². The third-order valence-corrected chi connectivity index (χ3v) is 1.53. The predicted molar refractivity (Wildman–Crippen MR) is 30.4 cm³/mol. The second-order valence-corrected chi connectivity index (χ2v) is 2.40. The van der Waals surface area contributed by atoms with E-state index in [-0.39, 0.29) is 6.10 Å². The van der Waals surface area contributed by atoms with Gasteiger partial charge in [0.2, 0.25) is 0 Å². The Morgan fingerprint density at radius 3 is 2.78 bits per heavy atom.